The summed E-state index contributed by atoms with van der Waals surface area (Å²) in [6.45, 7) is 7.13. The fourth-order valence-corrected chi connectivity index (χ4v) is 8.57. The highest BCUT2D eigenvalue weighted by atomic mass is 16.6. The molecule has 1 aromatic heterocycles. The summed E-state index contributed by atoms with van der Waals surface area (Å²) < 4.78 is 17.3. The lowest BCUT2D eigenvalue weighted by molar-refractivity contribution is -0.211. The molecule has 36 heavy (non-hydrogen) atoms. The third kappa shape index (κ3) is 2.84. The molecule has 4 aliphatic rings. The van der Waals surface area contributed by atoms with Crippen molar-refractivity contribution in [3.63, 3.8) is 0 Å². The molecule has 5 rings (SSSR count). The highest BCUT2D eigenvalue weighted by molar-refractivity contribution is 5.92. The van der Waals surface area contributed by atoms with Gasteiger partial charge in [0.15, 0.2) is 6.10 Å². The van der Waals surface area contributed by atoms with E-state index in [4.69, 9.17) is 13.9 Å². The van der Waals surface area contributed by atoms with Gasteiger partial charge in [0.05, 0.1) is 48.8 Å². The molecular formula is C26H34O10. The normalized spacial score (nSPS) is 44.5. The highest BCUT2D eigenvalue weighted by Gasteiger charge is 2.87. The van der Waals surface area contributed by atoms with Gasteiger partial charge < -0.3 is 34.3 Å². The van der Waals surface area contributed by atoms with Gasteiger partial charge in [-0.3, -0.25) is 9.59 Å². The Balaban J connectivity index is 1.70. The highest BCUT2D eigenvalue weighted by Crippen LogP contribution is 2.77. The van der Waals surface area contributed by atoms with Gasteiger partial charge in [0.25, 0.3) is 0 Å². The van der Waals surface area contributed by atoms with Crippen LogP contribution >= 0.6 is 0 Å². The Bertz CT molecular complexity index is 1100. The molecule has 0 amide bonds. The van der Waals surface area contributed by atoms with Crippen molar-refractivity contribution in [2.75, 3.05) is 6.61 Å². The second kappa shape index (κ2) is 7.63. The van der Waals surface area contributed by atoms with Crippen LogP contribution in [0.5, 0.6) is 0 Å². The maximum atomic E-state index is 14.2. The van der Waals surface area contributed by atoms with E-state index in [9.17, 15) is 34.8 Å². The largest absolute Gasteiger partial charge is 0.481 e. The van der Waals surface area contributed by atoms with Crippen molar-refractivity contribution in [1.29, 1.82) is 0 Å². The Hall–Kier alpha value is -2.27. The number of aliphatic carboxylic acids is 2. The monoisotopic (exact) mass is 506 g/mol. The van der Waals surface area contributed by atoms with Gasteiger partial charge in [-0.1, -0.05) is 6.92 Å². The van der Waals surface area contributed by atoms with Crippen molar-refractivity contribution >= 4 is 17.7 Å². The fourth-order valence-electron chi connectivity index (χ4n) is 8.57. The molecule has 0 bridgehead atoms. The van der Waals surface area contributed by atoms with Crippen molar-refractivity contribution in [2.45, 2.75) is 82.9 Å². The van der Waals surface area contributed by atoms with E-state index < -0.39 is 76.0 Å². The van der Waals surface area contributed by atoms with Crippen LogP contribution in [0.25, 0.3) is 0 Å². The van der Waals surface area contributed by atoms with Crippen LogP contribution in [-0.2, 0) is 23.9 Å². The molecule has 198 valence electrons. The minimum absolute atomic E-state index is 0.0218. The van der Waals surface area contributed by atoms with E-state index >= 15 is 0 Å². The number of carboxylic acid groups (broad SMARTS) is 2. The third-order valence-electron chi connectivity index (χ3n) is 10.4. The molecule has 0 aromatic carbocycles. The van der Waals surface area contributed by atoms with Gasteiger partial charge in [-0.2, -0.15) is 0 Å². The number of fused-ring (bicyclic) bond motifs is 4. The first-order chi connectivity index (χ1) is 16.7. The topological polar surface area (TPSA) is 167 Å². The predicted octanol–water partition coefficient (Wildman–Crippen LogP) is 2.18. The van der Waals surface area contributed by atoms with E-state index in [1.54, 1.807) is 19.9 Å². The van der Waals surface area contributed by atoms with Gasteiger partial charge in [-0.15, -0.1) is 0 Å². The van der Waals surface area contributed by atoms with E-state index in [1.165, 1.54) is 12.5 Å². The first-order valence-electron chi connectivity index (χ1n) is 12.4. The number of furan rings is 1. The van der Waals surface area contributed by atoms with Crippen LogP contribution in [0, 0.1) is 28.1 Å². The van der Waals surface area contributed by atoms with E-state index in [1.807, 2.05) is 13.8 Å². The maximum Gasteiger partial charge on any atom is 0.335 e. The summed E-state index contributed by atoms with van der Waals surface area (Å²) in [6.07, 6.45) is -0.962. The molecule has 10 heteroatoms. The van der Waals surface area contributed by atoms with Crippen LogP contribution in [-0.4, -0.2) is 68.2 Å². The standard InChI is InChI=1S/C26H34O10/c1-22(2)15-9-16(27)24(4)14(25(15,12-35-22)17(28)10-18(29)30)5-7-23(3,19(31)13-6-8-34-11-13)26(24)20(36-26)21(32)33/h6,8,11,14-15,17,19-20,28,31H,5,7,9-10,12H2,1-4H3,(H,29,30)(H,32,33)/t14?,15?,17?,19-,20+,23-,24-,25+,26+/m0/s1. The molecular weight excluding hydrogens is 472 g/mol. The molecule has 2 aliphatic carbocycles. The number of Topliss-reactive ketones (excluding diaryl/α,β-unsaturated/α-hetero) is 1. The molecule has 9 atom stereocenters. The van der Waals surface area contributed by atoms with E-state index in [2.05, 4.69) is 0 Å². The van der Waals surface area contributed by atoms with Crippen LogP contribution in [0.2, 0.25) is 0 Å². The summed E-state index contributed by atoms with van der Waals surface area (Å²) in [5.74, 6) is -3.71. The van der Waals surface area contributed by atoms with E-state index in [0.717, 1.165) is 0 Å². The molecule has 0 radical (unpaired) electrons. The number of aliphatic hydroxyl groups is 2. The second-order valence-electron chi connectivity index (χ2n) is 12.0. The summed E-state index contributed by atoms with van der Waals surface area (Å²) in [7, 11) is 0. The quantitative estimate of drug-likeness (QED) is 0.420. The van der Waals surface area contributed by atoms with Crippen LogP contribution in [0.4, 0.5) is 0 Å². The molecule has 3 heterocycles. The Morgan fingerprint density at radius 1 is 1.14 bits per heavy atom. The molecule has 2 saturated heterocycles. The fraction of sp³-hybridized carbons (Fsp3) is 0.731. The number of ether oxygens (including phenoxy) is 2. The number of carbonyl (C=O) groups is 3. The SMILES string of the molecule is CC1(C)OC[C@]2(C(O)CC(=O)O)C1CC(=O)[C@]1(C)C2CC[C@@](C)([C@@H](O)c2ccoc2)[C@@]12O[C@@H]2C(=O)O. The Kier molecular flexibility index (Phi) is 5.38. The average molecular weight is 507 g/mol. The molecule has 4 N–H and O–H groups in total. The Morgan fingerprint density at radius 2 is 1.83 bits per heavy atom. The number of hydrogen-bond acceptors (Lipinski definition) is 8. The second-order valence-corrected chi connectivity index (χ2v) is 12.0. The number of carboxylic acids is 2. The van der Waals surface area contributed by atoms with Gasteiger partial charge >= 0.3 is 11.9 Å². The summed E-state index contributed by atoms with van der Waals surface area (Å²) in [6, 6.07) is 1.60. The van der Waals surface area contributed by atoms with Crippen molar-refractivity contribution < 1.29 is 48.7 Å². The van der Waals surface area contributed by atoms with Crippen molar-refractivity contribution in [3.8, 4) is 0 Å². The van der Waals surface area contributed by atoms with Crippen LogP contribution < -0.4 is 0 Å². The van der Waals surface area contributed by atoms with Crippen LogP contribution in [0.3, 0.4) is 0 Å². The Morgan fingerprint density at radius 3 is 2.39 bits per heavy atom. The summed E-state index contributed by atoms with van der Waals surface area (Å²) in [5, 5.41) is 42.6. The van der Waals surface area contributed by atoms with Crippen molar-refractivity contribution in [3.05, 3.63) is 24.2 Å². The van der Waals surface area contributed by atoms with Gasteiger partial charge in [-0.25, -0.2) is 4.79 Å². The molecule has 1 spiro atoms. The van der Waals surface area contributed by atoms with E-state index in [-0.39, 0.29) is 25.2 Å². The zero-order valence-corrected chi connectivity index (χ0v) is 20.9. The lowest BCUT2D eigenvalue weighted by Gasteiger charge is -2.64. The van der Waals surface area contributed by atoms with Crippen LogP contribution in [0.1, 0.15) is 65.0 Å². The zero-order chi connectivity index (χ0) is 26.5. The molecule has 3 unspecified atom stereocenters. The molecule has 4 fully saturated rings. The summed E-state index contributed by atoms with van der Waals surface area (Å²) >= 11 is 0. The van der Waals surface area contributed by atoms with Crippen molar-refractivity contribution in [2.24, 2.45) is 28.1 Å². The number of aliphatic hydroxyl groups excluding tert-OH is 2. The van der Waals surface area contributed by atoms with Gasteiger partial charge in [0, 0.05) is 28.7 Å². The first-order valence-corrected chi connectivity index (χ1v) is 12.4. The number of hydrogen-bond donors (Lipinski definition) is 4. The van der Waals surface area contributed by atoms with Gasteiger partial charge in [-0.05, 0) is 45.6 Å². The lowest BCUT2D eigenvalue weighted by atomic mass is 9.37. The smallest absolute Gasteiger partial charge is 0.335 e. The third-order valence-corrected chi connectivity index (χ3v) is 10.4. The number of rotatable bonds is 6. The molecule has 2 aliphatic heterocycles. The first kappa shape index (κ1) is 25.4. The Labute approximate surface area is 208 Å². The summed E-state index contributed by atoms with van der Waals surface area (Å²) in [5.41, 5.74) is -5.62. The zero-order valence-electron chi connectivity index (χ0n) is 20.9. The molecule has 1 aromatic rings. The van der Waals surface area contributed by atoms with Gasteiger partial charge in [0.2, 0.25) is 0 Å². The van der Waals surface area contributed by atoms with E-state index in [0.29, 0.717) is 12.0 Å². The maximum absolute atomic E-state index is 14.2. The lowest BCUT2D eigenvalue weighted by Crippen LogP contribution is -2.71. The average Bonchev–Trinajstić information content (AvgIpc) is 3.22. The molecule has 2 saturated carbocycles. The summed E-state index contributed by atoms with van der Waals surface area (Å²) in [4.78, 5) is 38.2. The van der Waals surface area contributed by atoms with Crippen LogP contribution in [0.15, 0.2) is 23.0 Å². The number of ketones is 1. The predicted molar refractivity (Wildman–Crippen MR) is 122 cm³/mol. The van der Waals surface area contributed by atoms with Gasteiger partial charge in [0.1, 0.15) is 11.4 Å². The molecule has 10 nitrogen and oxygen atoms in total. The number of epoxide rings is 1. The van der Waals surface area contributed by atoms with Crippen molar-refractivity contribution in [1.82, 2.24) is 0 Å². The minimum atomic E-state index is -1.57. The number of carbonyl (C=O) groups excluding carboxylic acids is 1. The minimum Gasteiger partial charge on any atom is -0.481 e.